The van der Waals surface area contributed by atoms with Crippen LogP contribution in [-0.4, -0.2) is 30.3 Å². The minimum absolute atomic E-state index is 0.0591. The molecular formula is C9H20NO+. The van der Waals surface area contributed by atoms with Crippen molar-refractivity contribution in [2.75, 3.05) is 13.1 Å². The first-order valence-electron chi connectivity index (χ1n) is 4.62. The van der Waals surface area contributed by atoms with Gasteiger partial charge >= 0.3 is 0 Å². The van der Waals surface area contributed by atoms with Gasteiger partial charge in [0, 0.05) is 5.92 Å². The molecule has 0 aliphatic carbocycles. The van der Waals surface area contributed by atoms with Crippen LogP contribution in [0.5, 0.6) is 0 Å². The van der Waals surface area contributed by atoms with Crippen molar-refractivity contribution >= 4 is 0 Å². The molecule has 0 radical (unpaired) electrons. The average Bonchev–Trinajstić information content (AvgIpc) is 1.85. The van der Waals surface area contributed by atoms with Crippen molar-refractivity contribution < 1.29 is 10.0 Å². The van der Waals surface area contributed by atoms with Gasteiger partial charge in [-0.25, -0.2) is 0 Å². The van der Waals surface area contributed by atoms with Gasteiger partial charge in [-0.3, -0.25) is 0 Å². The van der Waals surface area contributed by atoms with Gasteiger partial charge in [-0.2, -0.15) is 0 Å². The largest absolute Gasteiger partial charge is 0.387 e. The normalized spacial score (nSPS) is 39.5. The first kappa shape index (κ1) is 9.01. The van der Waals surface area contributed by atoms with E-state index >= 15 is 0 Å². The lowest BCUT2D eigenvalue weighted by molar-refractivity contribution is -0.932. The number of aliphatic hydroxyl groups excluding tert-OH is 1. The molecule has 1 fully saturated rings. The van der Waals surface area contributed by atoms with Crippen molar-refractivity contribution in [1.82, 2.24) is 0 Å². The summed E-state index contributed by atoms with van der Waals surface area (Å²) in [5, 5.41) is 9.48. The molecule has 0 amide bonds. The molecule has 1 aliphatic heterocycles. The topological polar surface area (TPSA) is 24.7 Å². The van der Waals surface area contributed by atoms with Crippen molar-refractivity contribution in [3.63, 3.8) is 0 Å². The second-order valence-corrected chi connectivity index (χ2v) is 4.22. The second kappa shape index (κ2) is 3.55. The third-order valence-electron chi connectivity index (χ3n) is 2.60. The van der Waals surface area contributed by atoms with Crippen LogP contribution < -0.4 is 4.90 Å². The van der Waals surface area contributed by atoms with Crippen LogP contribution in [0.4, 0.5) is 0 Å². The third-order valence-corrected chi connectivity index (χ3v) is 2.60. The maximum atomic E-state index is 9.48. The van der Waals surface area contributed by atoms with Crippen molar-refractivity contribution in [3.8, 4) is 0 Å². The zero-order valence-corrected chi connectivity index (χ0v) is 7.80. The standard InChI is InChI=1S/C9H19NO/c1-7(2)10-5-8(3)4-9(11)6-10/h7-9,11H,4-6H2,1-3H3/p+1/t8-,9-/m0/s1. The average molecular weight is 158 g/mol. The van der Waals surface area contributed by atoms with Crippen LogP contribution in [0.1, 0.15) is 27.2 Å². The highest BCUT2D eigenvalue weighted by atomic mass is 16.3. The number of hydrogen-bond acceptors (Lipinski definition) is 1. The van der Waals surface area contributed by atoms with E-state index in [0.29, 0.717) is 12.0 Å². The minimum Gasteiger partial charge on any atom is -0.387 e. The number of piperidine rings is 1. The molecule has 1 rings (SSSR count). The highest BCUT2D eigenvalue weighted by Crippen LogP contribution is 2.06. The zero-order valence-electron chi connectivity index (χ0n) is 7.80. The summed E-state index contributed by atoms with van der Waals surface area (Å²) in [6.45, 7) is 8.85. The van der Waals surface area contributed by atoms with Crippen LogP contribution >= 0.6 is 0 Å². The summed E-state index contributed by atoms with van der Waals surface area (Å²) in [6.07, 6.45) is 0.937. The van der Waals surface area contributed by atoms with Crippen LogP contribution in [0, 0.1) is 5.92 Å². The number of hydrogen-bond donors (Lipinski definition) is 2. The summed E-state index contributed by atoms with van der Waals surface area (Å²) in [7, 11) is 0. The number of nitrogens with one attached hydrogen (secondary N) is 1. The summed E-state index contributed by atoms with van der Waals surface area (Å²) < 4.78 is 0. The summed E-state index contributed by atoms with van der Waals surface area (Å²) in [5.74, 6) is 0.691. The van der Waals surface area contributed by atoms with Crippen molar-refractivity contribution in [2.24, 2.45) is 5.92 Å². The predicted octanol–water partition coefficient (Wildman–Crippen LogP) is -0.320. The fourth-order valence-electron chi connectivity index (χ4n) is 1.94. The van der Waals surface area contributed by atoms with E-state index in [2.05, 4.69) is 20.8 Å². The molecule has 2 nitrogen and oxygen atoms in total. The number of likely N-dealkylation sites (tertiary alicyclic amines) is 1. The molecule has 2 heteroatoms. The van der Waals surface area contributed by atoms with Gasteiger partial charge in [0.05, 0.1) is 12.6 Å². The summed E-state index contributed by atoms with van der Waals surface area (Å²) in [4.78, 5) is 1.55. The first-order valence-corrected chi connectivity index (χ1v) is 4.62. The molecule has 1 aliphatic rings. The fraction of sp³-hybridized carbons (Fsp3) is 1.00. The Morgan fingerprint density at radius 2 is 2.00 bits per heavy atom. The molecule has 1 saturated heterocycles. The van der Waals surface area contributed by atoms with E-state index in [9.17, 15) is 5.11 Å². The first-order chi connectivity index (χ1) is 5.09. The highest BCUT2D eigenvalue weighted by Gasteiger charge is 2.27. The zero-order chi connectivity index (χ0) is 8.43. The van der Waals surface area contributed by atoms with Crippen LogP contribution in [0.15, 0.2) is 0 Å². The number of rotatable bonds is 1. The van der Waals surface area contributed by atoms with E-state index < -0.39 is 0 Å². The molecule has 2 N–H and O–H groups in total. The molecule has 0 aromatic carbocycles. The molecule has 66 valence electrons. The van der Waals surface area contributed by atoms with Gasteiger partial charge in [0.15, 0.2) is 0 Å². The van der Waals surface area contributed by atoms with Gasteiger partial charge < -0.3 is 10.0 Å². The molecule has 1 unspecified atom stereocenters. The van der Waals surface area contributed by atoms with Gasteiger partial charge in [-0.05, 0) is 20.3 Å². The van der Waals surface area contributed by atoms with Crippen LogP contribution in [-0.2, 0) is 0 Å². The van der Waals surface area contributed by atoms with Gasteiger partial charge in [0.2, 0.25) is 0 Å². The van der Waals surface area contributed by atoms with Crippen molar-refractivity contribution in [3.05, 3.63) is 0 Å². The molecule has 1 heterocycles. The molecule has 0 aromatic heterocycles. The summed E-state index contributed by atoms with van der Waals surface area (Å²) in [6, 6.07) is 0.660. The molecule has 0 aromatic rings. The summed E-state index contributed by atoms with van der Waals surface area (Å²) in [5.41, 5.74) is 0. The molecule has 3 atom stereocenters. The molecule has 0 saturated carbocycles. The SMILES string of the molecule is CC(C)[NH+]1C[C@@H](C)C[C@H](O)C1. The third kappa shape index (κ3) is 2.46. The van der Waals surface area contributed by atoms with E-state index in [0.717, 1.165) is 13.0 Å². The molecular weight excluding hydrogens is 138 g/mol. The minimum atomic E-state index is -0.0591. The highest BCUT2D eigenvalue weighted by molar-refractivity contribution is 4.64. The lowest BCUT2D eigenvalue weighted by atomic mass is 9.97. The lowest BCUT2D eigenvalue weighted by Gasteiger charge is -2.33. The van der Waals surface area contributed by atoms with Crippen LogP contribution in [0.2, 0.25) is 0 Å². The Hall–Kier alpha value is -0.0800. The van der Waals surface area contributed by atoms with Crippen molar-refractivity contribution in [1.29, 1.82) is 0 Å². The molecule has 0 spiro atoms. The fourth-order valence-corrected chi connectivity index (χ4v) is 1.94. The molecule has 0 bridgehead atoms. The van der Waals surface area contributed by atoms with Gasteiger partial charge in [-0.1, -0.05) is 6.92 Å². The lowest BCUT2D eigenvalue weighted by Crippen LogP contribution is -3.17. The van der Waals surface area contributed by atoms with Crippen LogP contribution in [0.25, 0.3) is 0 Å². The maximum Gasteiger partial charge on any atom is 0.104 e. The van der Waals surface area contributed by atoms with Gasteiger partial charge in [-0.15, -0.1) is 0 Å². The Bertz CT molecular complexity index is 115. The van der Waals surface area contributed by atoms with E-state index in [1.54, 1.807) is 4.90 Å². The molecule has 11 heavy (non-hydrogen) atoms. The van der Waals surface area contributed by atoms with Gasteiger partial charge in [0.1, 0.15) is 12.6 Å². The number of quaternary nitrogens is 1. The van der Waals surface area contributed by atoms with Gasteiger partial charge in [0.25, 0.3) is 0 Å². The Labute approximate surface area is 69.2 Å². The van der Waals surface area contributed by atoms with E-state index in [1.807, 2.05) is 0 Å². The van der Waals surface area contributed by atoms with Crippen molar-refractivity contribution in [2.45, 2.75) is 39.3 Å². The Kier molecular flexibility index (Phi) is 2.90. The Morgan fingerprint density at radius 1 is 1.36 bits per heavy atom. The monoisotopic (exact) mass is 158 g/mol. The smallest absolute Gasteiger partial charge is 0.104 e. The second-order valence-electron chi connectivity index (χ2n) is 4.22. The predicted molar refractivity (Wildman–Crippen MR) is 45.6 cm³/mol. The van der Waals surface area contributed by atoms with E-state index in [1.165, 1.54) is 6.54 Å². The maximum absolute atomic E-state index is 9.48. The summed E-state index contributed by atoms with van der Waals surface area (Å²) >= 11 is 0. The Morgan fingerprint density at radius 3 is 2.45 bits per heavy atom. The number of aliphatic hydroxyl groups is 1. The Balaban J connectivity index is 2.43. The van der Waals surface area contributed by atoms with Crippen LogP contribution in [0.3, 0.4) is 0 Å². The van der Waals surface area contributed by atoms with E-state index in [4.69, 9.17) is 0 Å². The van der Waals surface area contributed by atoms with E-state index in [-0.39, 0.29) is 6.10 Å². The quantitative estimate of drug-likeness (QED) is 0.537.